The molecule has 0 unspecified atom stereocenters. The van der Waals surface area contributed by atoms with Gasteiger partial charge in [0.05, 0.1) is 0 Å². The van der Waals surface area contributed by atoms with Gasteiger partial charge in [-0.2, -0.15) is 0 Å². The number of rotatable bonds is 5. The third-order valence-corrected chi connectivity index (χ3v) is 3.69. The summed E-state index contributed by atoms with van der Waals surface area (Å²) >= 11 is 0. The Balaban J connectivity index is 1.91. The van der Waals surface area contributed by atoms with Crippen LogP contribution in [0.15, 0.2) is 29.4 Å². The predicted octanol–water partition coefficient (Wildman–Crippen LogP) is 1.64. The maximum absolute atomic E-state index is 8.72. The fourth-order valence-electron chi connectivity index (χ4n) is 2.63. The molecule has 110 valence electrons. The Labute approximate surface area is 120 Å². The molecule has 0 atom stereocenters. The summed E-state index contributed by atoms with van der Waals surface area (Å²) in [6.45, 7) is 3.72. The summed E-state index contributed by atoms with van der Waals surface area (Å²) in [5.41, 5.74) is 7.54. The Morgan fingerprint density at radius 2 is 2.20 bits per heavy atom. The second-order valence-electron chi connectivity index (χ2n) is 5.44. The van der Waals surface area contributed by atoms with Crippen LogP contribution in [-0.2, 0) is 11.3 Å². The van der Waals surface area contributed by atoms with Crippen LogP contribution in [0, 0.1) is 5.92 Å². The molecule has 3 N–H and O–H groups in total. The van der Waals surface area contributed by atoms with E-state index in [9.17, 15) is 0 Å². The SMILES string of the molecule is CN(Cc1cccc(C(N)=NO)c1)CC1CCOCC1. The summed E-state index contributed by atoms with van der Waals surface area (Å²) in [5.74, 6) is 0.875. The van der Waals surface area contributed by atoms with Gasteiger partial charge in [-0.15, -0.1) is 0 Å². The van der Waals surface area contributed by atoms with Crippen LogP contribution in [0.2, 0.25) is 0 Å². The number of ether oxygens (including phenoxy) is 1. The zero-order valence-corrected chi connectivity index (χ0v) is 12.0. The monoisotopic (exact) mass is 277 g/mol. The highest BCUT2D eigenvalue weighted by Gasteiger charge is 2.15. The normalized spacial score (nSPS) is 17.6. The Kier molecular flexibility index (Phi) is 5.38. The smallest absolute Gasteiger partial charge is 0.170 e. The van der Waals surface area contributed by atoms with Crippen LogP contribution in [0.5, 0.6) is 0 Å². The lowest BCUT2D eigenvalue weighted by Gasteiger charge is -2.27. The average Bonchev–Trinajstić information content (AvgIpc) is 2.47. The van der Waals surface area contributed by atoms with E-state index in [0.717, 1.165) is 50.6 Å². The van der Waals surface area contributed by atoms with Crippen LogP contribution in [-0.4, -0.2) is 42.7 Å². The molecule has 0 amide bonds. The van der Waals surface area contributed by atoms with Gasteiger partial charge in [0.25, 0.3) is 0 Å². The molecule has 1 aromatic carbocycles. The number of hydrogen-bond donors (Lipinski definition) is 2. The zero-order chi connectivity index (χ0) is 14.4. The summed E-state index contributed by atoms with van der Waals surface area (Å²) in [6.07, 6.45) is 2.29. The van der Waals surface area contributed by atoms with Gasteiger partial charge in [0, 0.05) is 31.9 Å². The molecule has 0 aliphatic carbocycles. The van der Waals surface area contributed by atoms with Crippen molar-refractivity contribution >= 4 is 5.84 Å². The van der Waals surface area contributed by atoms with Crippen molar-refractivity contribution in [3.05, 3.63) is 35.4 Å². The molecule has 5 nitrogen and oxygen atoms in total. The van der Waals surface area contributed by atoms with Gasteiger partial charge in [0.1, 0.15) is 0 Å². The average molecular weight is 277 g/mol. The molecule has 1 aromatic rings. The second kappa shape index (κ2) is 7.26. The van der Waals surface area contributed by atoms with Gasteiger partial charge >= 0.3 is 0 Å². The summed E-state index contributed by atoms with van der Waals surface area (Å²) in [6, 6.07) is 7.81. The Morgan fingerprint density at radius 1 is 1.45 bits per heavy atom. The highest BCUT2D eigenvalue weighted by atomic mass is 16.5. The van der Waals surface area contributed by atoms with Crippen molar-refractivity contribution in [1.29, 1.82) is 0 Å². The number of nitrogens with two attached hydrogens (primary N) is 1. The minimum Gasteiger partial charge on any atom is -0.409 e. The maximum Gasteiger partial charge on any atom is 0.170 e. The summed E-state index contributed by atoms with van der Waals surface area (Å²) in [4.78, 5) is 2.32. The van der Waals surface area contributed by atoms with Gasteiger partial charge < -0.3 is 20.6 Å². The molecule has 1 fully saturated rings. The number of nitrogens with zero attached hydrogens (tertiary/aromatic N) is 2. The van der Waals surface area contributed by atoms with Crippen LogP contribution in [0.3, 0.4) is 0 Å². The predicted molar refractivity (Wildman–Crippen MR) is 78.8 cm³/mol. The van der Waals surface area contributed by atoms with Crippen LogP contribution < -0.4 is 5.73 Å². The number of benzene rings is 1. The van der Waals surface area contributed by atoms with E-state index >= 15 is 0 Å². The lowest BCUT2D eigenvalue weighted by Crippen LogP contribution is -2.29. The number of hydrogen-bond acceptors (Lipinski definition) is 4. The molecule has 0 saturated carbocycles. The van der Waals surface area contributed by atoms with Gasteiger partial charge in [-0.25, -0.2) is 0 Å². The van der Waals surface area contributed by atoms with Crippen molar-refractivity contribution in [2.45, 2.75) is 19.4 Å². The first-order chi connectivity index (χ1) is 9.69. The van der Waals surface area contributed by atoms with E-state index in [1.807, 2.05) is 18.2 Å². The molecular formula is C15H23N3O2. The summed E-state index contributed by atoms with van der Waals surface area (Å²) in [7, 11) is 2.13. The largest absolute Gasteiger partial charge is 0.409 e. The van der Waals surface area contributed by atoms with E-state index in [1.54, 1.807) is 0 Å². The zero-order valence-electron chi connectivity index (χ0n) is 12.0. The van der Waals surface area contributed by atoms with E-state index in [4.69, 9.17) is 15.7 Å². The fourth-order valence-corrected chi connectivity index (χ4v) is 2.63. The number of amidine groups is 1. The van der Waals surface area contributed by atoms with Crippen molar-refractivity contribution < 1.29 is 9.94 Å². The maximum atomic E-state index is 8.72. The third kappa shape index (κ3) is 4.21. The summed E-state index contributed by atoms with van der Waals surface area (Å²) < 4.78 is 5.38. The van der Waals surface area contributed by atoms with Gasteiger partial charge in [-0.3, -0.25) is 0 Å². The van der Waals surface area contributed by atoms with Crippen molar-refractivity contribution in [3.63, 3.8) is 0 Å². The molecule has 2 rings (SSSR count). The molecule has 0 spiro atoms. The Morgan fingerprint density at radius 3 is 2.90 bits per heavy atom. The molecule has 0 radical (unpaired) electrons. The van der Waals surface area contributed by atoms with Crippen LogP contribution in [0.25, 0.3) is 0 Å². The Hall–Kier alpha value is -1.59. The first-order valence-electron chi connectivity index (χ1n) is 7.02. The quantitative estimate of drug-likeness (QED) is 0.371. The highest BCUT2D eigenvalue weighted by Crippen LogP contribution is 2.17. The van der Waals surface area contributed by atoms with Gasteiger partial charge in [-0.1, -0.05) is 23.4 Å². The molecule has 20 heavy (non-hydrogen) atoms. The van der Waals surface area contributed by atoms with Gasteiger partial charge in [0.2, 0.25) is 0 Å². The minimum absolute atomic E-state index is 0.152. The topological polar surface area (TPSA) is 71.1 Å². The standard InChI is InChI=1S/C15H23N3O2/c1-18(10-12-5-7-20-8-6-12)11-13-3-2-4-14(9-13)15(16)17-19/h2-4,9,12,19H,5-8,10-11H2,1H3,(H2,16,17). The molecule has 0 aromatic heterocycles. The van der Waals surface area contributed by atoms with Gasteiger partial charge in [-0.05, 0) is 37.4 Å². The molecule has 1 saturated heterocycles. The first-order valence-corrected chi connectivity index (χ1v) is 7.02. The van der Waals surface area contributed by atoms with Crippen LogP contribution in [0.1, 0.15) is 24.0 Å². The van der Waals surface area contributed by atoms with Crippen LogP contribution in [0.4, 0.5) is 0 Å². The van der Waals surface area contributed by atoms with Crippen LogP contribution >= 0.6 is 0 Å². The lowest BCUT2D eigenvalue weighted by molar-refractivity contribution is 0.0549. The van der Waals surface area contributed by atoms with Crippen molar-refractivity contribution in [2.75, 3.05) is 26.8 Å². The van der Waals surface area contributed by atoms with E-state index in [0.29, 0.717) is 0 Å². The first kappa shape index (κ1) is 14.8. The lowest BCUT2D eigenvalue weighted by atomic mass is 9.99. The van der Waals surface area contributed by atoms with E-state index in [2.05, 4.69) is 23.2 Å². The molecular weight excluding hydrogens is 254 g/mol. The second-order valence-corrected chi connectivity index (χ2v) is 5.44. The molecule has 1 heterocycles. The highest BCUT2D eigenvalue weighted by molar-refractivity contribution is 5.97. The molecule has 5 heteroatoms. The van der Waals surface area contributed by atoms with Crippen molar-refractivity contribution in [1.82, 2.24) is 4.90 Å². The minimum atomic E-state index is 0.152. The van der Waals surface area contributed by atoms with Crippen molar-refractivity contribution in [3.8, 4) is 0 Å². The molecule has 1 aliphatic rings. The van der Waals surface area contributed by atoms with E-state index in [-0.39, 0.29) is 5.84 Å². The van der Waals surface area contributed by atoms with E-state index in [1.165, 1.54) is 5.56 Å². The van der Waals surface area contributed by atoms with Gasteiger partial charge in [0.15, 0.2) is 5.84 Å². The third-order valence-electron chi connectivity index (χ3n) is 3.69. The molecule has 1 aliphatic heterocycles. The Bertz CT molecular complexity index is 456. The van der Waals surface area contributed by atoms with Crippen molar-refractivity contribution in [2.24, 2.45) is 16.8 Å². The van der Waals surface area contributed by atoms with E-state index < -0.39 is 0 Å². The summed E-state index contributed by atoms with van der Waals surface area (Å²) in [5, 5.41) is 11.8. The molecule has 0 bridgehead atoms. The number of oxime groups is 1. The fraction of sp³-hybridized carbons (Fsp3) is 0.533.